The molecule has 0 aliphatic heterocycles. The first-order chi connectivity index (χ1) is 15.6. The predicted octanol–water partition coefficient (Wildman–Crippen LogP) is 7.41. The average Bonchev–Trinajstić information content (AvgIpc) is 2.77. The third-order valence-electron chi connectivity index (χ3n) is 6.10. The summed E-state index contributed by atoms with van der Waals surface area (Å²) in [5.74, 6) is -1.39. The van der Waals surface area contributed by atoms with E-state index in [1.54, 1.807) is 0 Å². The van der Waals surface area contributed by atoms with E-state index in [0.29, 0.717) is 13.2 Å². The second kappa shape index (κ2) is 24.5. The van der Waals surface area contributed by atoms with E-state index < -0.39 is 18.0 Å². The van der Waals surface area contributed by atoms with Gasteiger partial charge in [0.25, 0.3) is 0 Å². The van der Waals surface area contributed by atoms with E-state index in [-0.39, 0.29) is 6.42 Å². The number of hydrogen-bond acceptors (Lipinski definition) is 4. The normalized spacial score (nSPS) is 12.1. The molecule has 0 aromatic rings. The van der Waals surface area contributed by atoms with E-state index >= 15 is 0 Å². The Morgan fingerprint density at radius 1 is 0.656 bits per heavy atom. The van der Waals surface area contributed by atoms with E-state index in [1.165, 1.54) is 96.3 Å². The lowest BCUT2D eigenvalue weighted by atomic mass is 10.1. The van der Waals surface area contributed by atoms with Crippen molar-refractivity contribution < 1.29 is 19.4 Å². The van der Waals surface area contributed by atoms with E-state index in [0.717, 1.165) is 25.7 Å². The first-order valence-electron chi connectivity index (χ1n) is 13.7. The molecule has 0 bridgehead atoms. The Labute approximate surface area is 198 Å². The van der Waals surface area contributed by atoms with Gasteiger partial charge in [0.15, 0.2) is 0 Å². The van der Waals surface area contributed by atoms with E-state index in [1.807, 2.05) is 0 Å². The highest BCUT2D eigenvalue weighted by molar-refractivity contribution is 5.81. The van der Waals surface area contributed by atoms with Gasteiger partial charge in [0.1, 0.15) is 6.04 Å². The first-order valence-corrected chi connectivity index (χ1v) is 13.7. The van der Waals surface area contributed by atoms with Crippen molar-refractivity contribution in [1.82, 2.24) is 5.32 Å². The third-order valence-corrected chi connectivity index (χ3v) is 6.10. The van der Waals surface area contributed by atoms with Gasteiger partial charge in [0, 0.05) is 0 Å². The zero-order valence-electron chi connectivity index (χ0n) is 21.3. The Kier molecular flexibility index (Phi) is 23.7. The highest BCUT2D eigenvalue weighted by atomic mass is 16.5. The lowest BCUT2D eigenvalue weighted by molar-refractivity contribution is -0.149. The first kappa shape index (κ1) is 30.9. The number of carbonyl (C=O) groups is 2. The molecule has 0 aliphatic rings. The van der Waals surface area contributed by atoms with E-state index in [2.05, 4.69) is 19.2 Å². The van der Waals surface area contributed by atoms with Crippen molar-refractivity contribution in [2.24, 2.45) is 0 Å². The molecule has 0 radical (unpaired) electrons. The number of unbranched alkanes of at least 4 members (excludes halogenated alkanes) is 17. The summed E-state index contributed by atoms with van der Waals surface area (Å²) < 4.78 is 5.23. The van der Waals surface area contributed by atoms with Crippen molar-refractivity contribution in [3.8, 4) is 0 Å². The molecule has 0 amide bonds. The summed E-state index contributed by atoms with van der Waals surface area (Å²) in [4.78, 5) is 23.4. The second-order valence-corrected chi connectivity index (χ2v) is 9.28. The van der Waals surface area contributed by atoms with Gasteiger partial charge >= 0.3 is 11.9 Å². The highest BCUT2D eigenvalue weighted by Gasteiger charge is 2.21. The van der Waals surface area contributed by atoms with Gasteiger partial charge in [-0.1, -0.05) is 123 Å². The van der Waals surface area contributed by atoms with Crippen LogP contribution in [0.2, 0.25) is 0 Å². The molecule has 5 heteroatoms. The van der Waals surface area contributed by atoms with Crippen LogP contribution >= 0.6 is 0 Å². The molecule has 2 N–H and O–H groups in total. The van der Waals surface area contributed by atoms with Crippen LogP contribution in [0.25, 0.3) is 0 Å². The summed E-state index contributed by atoms with van der Waals surface area (Å²) >= 11 is 0. The summed E-state index contributed by atoms with van der Waals surface area (Å²) in [6.07, 6.45) is 23.4. The van der Waals surface area contributed by atoms with Crippen molar-refractivity contribution in [3.63, 3.8) is 0 Å². The Balaban J connectivity index is 3.59. The third kappa shape index (κ3) is 22.1. The largest absolute Gasteiger partial charge is 0.480 e. The van der Waals surface area contributed by atoms with Crippen LogP contribution in [0.15, 0.2) is 0 Å². The Hall–Kier alpha value is -1.10. The smallest absolute Gasteiger partial charge is 0.321 e. The number of aliphatic carboxylic acids is 1. The van der Waals surface area contributed by atoms with Crippen molar-refractivity contribution >= 4 is 11.9 Å². The SMILES string of the molecule is CCCCCCCCCCCCCCNC(CC(=O)OCCCCCCCCC)C(=O)O. The number of hydrogen-bond donors (Lipinski definition) is 2. The predicted molar refractivity (Wildman–Crippen MR) is 134 cm³/mol. The summed E-state index contributed by atoms with van der Waals surface area (Å²) in [5, 5.41) is 12.4. The van der Waals surface area contributed by atoms with Crippen LogP contribution in [0.1, 0.15) is 142 Å². The lowest BCUT2D eigenvalue weighted by Crippen LogP contribution is -2.39. The molecule has 5 nitrogen and oxygen atoms in total. The summed E-state index contributed by atoms with van der Waals surface area (Å²) in [6, 6.07) is -0.843. The maximum absolute atomic E-state index is 11.9. The Morgan fingerprint density at radius 2 is 1.06 bits per heavy atom. The molecule has 0 heterocycles. The molecule has 0 aromatic carbocycles. The van der Waals surface area contributed by atoms with Gasteiger partial charge in [-0.25, -0.2) is 0 Å². The quantitative estimate of drug-likeness (QED) is 0.111. The minimum Gasteiger partial charge on any atom is -0.480 e. The summed E-state index contributed by atoms with van der Waals surface area (Å²) in [5.41, 5.74) is 0. The van der Waals surface area contributed by atoms with Gasteiger partial charge in [-0.2, -0.15) is 0 Å². The molecule has 0 aliphatic carbocycles. The molecule has 0 fully saturated rings. The van der Waals surface area contributed by atoms with Crippen LogP contribution in [0, 0.1) is 0 Å². The Bertz CT molecular complexity index is 428. The van der Waals surface area contributed by atoms with Crippen molar-refractivity contribution in [1.29, 1.82) is 0 Å². The molecular weight excluding hydrogens is 402 g/mol. The van der Waals surface area contributed by atoms with Gasteiger partial charge in [-0.15, -0.1) is 0 Å². The zero-order chi connectivity index (χ0) is 23.7. The lowest BCUT2D eigenvalue weighted by Gasteiger charge is -2.14. The van der Waals surface area contributed by atoms with Gasteiger partial charge in [0.05, 0.1) is 13.0 Å². The molecule has 0 saturated carbocycles. The van der Waals surface area contributed by atoms with Crippen molar-refractivity contribution in [2.45, 2.75) is 148 Å². The fourth-order valence-corrected chi connectivity index (χ4v) is 3.96. The average molecular weight is 456 g/mol. The van der Waals surface area contributed by atoms with Gasteiger partial charge in [0.2, 0.25) is 0 Å². The molecule has 190 valence electrons. The summed E-state index contributed by atoms with van der Waals surface area (Å²) in [7, 11) is 0. The van der Waals surface area contributed by atoms with E-state index in [9.17, 15) is 14.7 Å². The van der Waals surface area contributed by atoms with Crippen LogP contribution in [0.3, 0.4) is 0 Å². The fraction of sp³-hybridized carbons (Fsp3) is 0.926. The zero-order valence-corrected chi connectivity index (χ0v) is 21.3. The van der Waals surface area contributed by atoms with E-state index in [4.69, 9.17) is 4.74 Å². The van der Waals surface area contributed by atoms with Gasteiger partial charge in [-0.05, 0) is 19.4 Å². The van der Waals surface area contributed by atoms with Crippen LogP contribution in [0.4, 0.5) is 0 Å². The molecule has 1 unspecified atom stereocenters. The number of ether oxygens (including phenoxy) is 1. The fourth-order valence-electron chi connectivity index (χ4n) is 3.96. The van der Waals surface area contributed by atoms with Crippen LogP contribution < -0.4 is 5.32 Å². The van der Waals surface area contributed by atoms with Crippen molar-refractivity contribution in [2.75, 3.05) is 13.2 Å². The molecular formula is C27H53NO4. The minimum atomic E-state index is -0.975. The molecule has 0 rings (SSSR count). The van der Waals surface area contributed by atoms with Crippen LogP contribution in [0.5, 0.6) is 0 Å². The Morgan fingerprint density at radius 3 is 1.50 bits per heavy atom. The molecule has 0 aromatic heterocycles. The van der Waals surface area contributed by atoms with Crippen LogP contribution in [-0.4, -0.2) is 36.2 Å². The number of nitrogens with one attached hydrogen (secondary N) is 1. The molecule has 1 atom stereocenters. The molecule has 32 heavy (non-hydrogen) atoms. The van der Waals surface area contributed by atoms with Gasteiger partial charge < -0.3 is 15.2 Å². The standard InChI is InChI=1S/C27H53NO4/c1-3-5-7-9-11-12-13-14-15-16-18-20-22-28-25(27(30)31)24-26(29)32-23-21-19-17-10-8-6-4-2/h25,28H,3-24H2,1-2H3,(H,30,31). The number of rotatable bonds is 25. The van der Waals surface area contributed by atoms with Gasteiger partial charge in [-0.3, -0.25) is 9.59 Å². The monoisotopic (exact) mass is 455 g/mol. The number of esters is 1. The number of carboxylic acids is 1. The molecule has 0 saturated heterocycles. The molecule has 0 spiro atoms. The number of carbonyl (C=O) groups excluding carboxylic acids is 1. The maximum atomic E-state index is 11.9. The van der Waals surface area contributed by atoms with Crippen molar-refractivity contribution in [3.05, 3.63) is 0 Å². The second-order valence-electron chi connectivity index (χ2n) is 9.28. The topological polar surface area (TPSA) is 75.6 Å². The maximum Gasteiger partial charge on any atom is 0.321 e. The number of carboxylic acid groups (broad SMARTS) is 1. The minimum absolute atomic E-state index is 0.0932. The van der Waals surface area contributed by atoms with Crippen LogP contribution in [-0.2, 0) is 14.3 Å². The highest BCUT2D eigenvalue weighted by Crippen LogP contribution is 2.12. The summed E-state index contributed by atoms with van der Waals surface area (Å²) in [6.45, 7) is 5.50.